The maximum atomic E-state index is 13.6. The van der Waals surface area contributed by atoms with Gasteiger partial charge >= 0.3 is 5.97 Å². The van der Waals surface area contributed by atoms with Gasteiger partial charge in [0, 0.05) is 0 Å². The number of hydrogen-bond acceptors (Lipinski definition) is 2. The fourth-order valence-electron chi connectivity index (χ4n) is 2.25. The number of carbonyl (C=O) groups is 1. The van der Waals surface area contributed by atoms with Crippen molar-refractivity contribution in [2.45, 2.75) is 32.6 Å². The van der Waals surface area contributed by atoms with Crippen molar-refractivity contribution in [2.75, 3.05) is 0 Å². The highest BCUT2D eigenvalue weighted by Gasteiger charge is 2.26. The maximum absolute atomic E-state index is 13.6. The summed E-state index contributed by atoms with van der Waals surface area (Å²) >= 11 is 5.64. The molecule has 2 rings (SSSR count). The summed E-state index contributed by atoms with van der Waals surface area (Å²) in [5, 5.41) is -0.0300. The summed E-state index contributed by atoms with van der Waals surface area (Å²) in [6.07, 6.45) is 3.69. The van der Waals surface area contributed by atoms with Crippen LogP contribution in [-0.2, 0) is 4.79 Å². The quantitative estimate of drug-likeness (QED) is 0.594. The molecule has 0 atom stereocenters. The van der Waals surface area contributed by atoms with E-state index in [-0.39, 0.29) is 22.7 Å². The summed E-state index contributed by atoms with van der Waals surface area (Å²) in [5.41, 5.74) is 0. The van der Waals surface area contributed by atoms with E-state index in [1.165, 1.54) is 12.1 Å². The van der Waals surface area contributed by atoms with Crippen LogP contribution in [0.3, 0.4) is 0 Å². The Kier molecular flexibility index (Phi) is 4.23. The average Bonchev–Trinajstić information content (AvgIpc) is 2.36. The zero-order valence-corrected chi connectivity index (χ0v) is 11.0. The van der Waals surface area contributed by atoms with Gasteiger partial charge in [-0.3, -0.25) is 4.79 Å². The Labute approximate surface area is 111 Å². The molecule has 1 aliphatic carbocycles. The zero-order chi connectivity index (χ0) is 13.1. The highest BCUT2D eigenvalue weighted by molar-refractivity contribution is 6.30. The van der Waals surface area contributed by atoms with Crippen molar-refractivity contribution in [1.82, 2.24) is 0 Å². The number of hydrogen-bond donors (Lipinski definition) is 0. The van der Waals surface area contributed by atoms with E-state index in [4.69, 9.17) is 16.3 Å². The molecule has 0 amide bonds. The van der Waals surface area contributed by atoms with Crippen molar-refractivity contribution in [3.8, 4) is 5.75 Å². The molecular formula is C14H16ClFO2. The lowest BCUT2D eigenvalue weighted by Crippen LogP contribution is -2.25. The number of carbonyl (C=O) groups excluding carboxylic acids is 1. The molecule has 1 saturated carbocycles. The largest absolute Gasteiger partial charge is 0.423 e. The number of rotatable bonds is 2. The van der Waals surface area contributed by atoms with Crippen molar-refractivity contribution in [3.05, 3.63) is 29.0 Å². The summed E-state index contributed by atoms with van der Waals surface area (Å²) in [6.45, 7) is 2.18. The van der Waals surface area contributed by atoms with Crippen molar-refractivity contribution < 1.29 is 13.9 Å². The van der Waals surface area contributed by atoms with Gasteiger partial charge < -0.3 is 4.74 Å². The molecule has 0 unspecified atom stereocenters. The molecule has 0 saturated heterocycles. The normalized spacial score (nSPS) is 23.7. The number of halogens is 2. The molecule has 98 valence electrons. The molecule has 1 aliphatic rings. The lowest BCUT2D eigenvalue weighted by Gasteiger charge is -2.24. The highest BCUT2D eigenvalue weighted by atomic mass is 35.5. The van der Waals surface area contributed by atoms with Crippen molar-refractivity contribution in [1.29, 1.82) is 0 Å². The van der Waals surface area contributed by atoms with E-state index in [2.05, 4.69) is 6.92 Å². The second kappa shape index (κ2) is 5.70. The summed E-state index contributed by atoms with van der Waals surface area (Å²) in [4.78, 5) is 11.9. The molecule has 18 heavy (non-hydrogen) atoms. The lowest BCUT2D eigenvalue weighted by atomic mass is 9.83. The van der Waals surface area contributed by atoms with Crippen LogP contribution in [0.15, 0.2) is 18.2 Å². The van der Waals surface area contributed by atoms with E-state index in [1.807, 2.05) is 0 Å². The molecule has 1 aromatic carbocycles. The third-order valence-electron chi connectivity index (χ3n) is 3.48. The van der Waals surface area contributed by atoms with Crippen LogP contribution in [0.4, 0.5) is 4.39 Å². The smallest absolute Gasteiger partial charge is 0.314 e. The Morgan fingerprint density at radius 1 is 1.33 bits per heavy atom. The van der Waals surface area contributed by atoms with E-state index in [0.717, 1.165) is 25.7 Å². The van der Waals surface area contributed by atoms with E-state index < -0.39 is 5.82 Å². The van der Waals surface area contributed by atoms with Crippen molar-refractivity contribution >= 4 is 17.6 Å². The molecule has 0 aromatic heterocycles. The van der Waals surface area contributed by atoms with E-state index in [9.17, 15) is 9.18 Å². The predicted molar refractivity (Wildman–Crippen MR) is 68.2 cm³/mol. The van der Waals surface area contributed by atoms with Gasteiger partial charge in [-0.2, -0.15) is 0 Å². The van der Waals surface area contributed by atoms with Gasteiger partial charge in [0.05, 0.1) is 10.9 Å². The summed E-state index contributed by atoms with van der Waals surface area (Å²) in [5.74, 6) is -0.539. The lowest BCUT2D eigenvalue weighted by molar-refractivity contribution is -0.140. The van der Waals surface area contributed by atoms with Crippen LogP contribution in [0, 0.1) is 17.7 Å². The fraction of sp³-hybridized carbons (Fsp3) is 0.500. The average molecular weight is 271 g/mol. The highest BCUT2D eigenvalue weighted by Crippen LogP contribution is 2.31. The first-order valence-electron chi connectivity index (χ1n) is 6.23. The first-order valence-corrected chi connectivity index (χ1v) is 6.61. The van der Waals surface area contributed by atoms with Gasteiger partial charge in [0.1, 0.15) is 0 Å². The van der Waals surface area contributed by atoms with Crippen LogP contribution < -0.4 is 4.74 Å². The van der Waals surface area contributed by atoms with Crippen LogP contribution in [0.1, 0.15) is 32.6 Å². The van der Waals surface area contributed by atoms with Gasteiger partial charge in [-0.05, 0) is 43.7 Å². The van der Waals surface area contributed by atoms with Gasteiger partial charge in [0.15, 0.2) is 11.6 Å². The van der Waals surface area contributed by atoms with E-state index in [0.29, 0.717) is 5.92 Å². The third-order valence-corrected chi connectivity index (χ3v) is 3.77. The van der Waals surface area contributed by atoms with Crippen LogP contribution >= 0.6 is 11.6 Å². The predicted octanol–water partition coefficient (Wildman–Crippen LogP) is 4.21. The van der Waals surface area contributed by atoms with Gasteiger partial charge in [-0.15, -0.1) is 0 Å². The summed E-state index contributed by atoms with van der Waals surface area (Å²) in [7, 11) is 0. The van der Waals surface area contributed by atoms with Crippen LogP contribution in [0.5, 0.6) is 5.75 Å². The molecule has 2 nitrogen and oxygen atoms in total. The summed E-state index contributed by atoms with van der Waals surface area (Å²) < 4.78 is 18.7. The monoisotopic (exact) mass is 270 g/mol. The Hall–Kier alpha value is -1.09. The second-order valence-corrected chi connectivity index (χ2v) is 5.34. The summed E-state index contributed by atoms with van der Waals surface area (Å²) in [6, 6.07) is 4.41. The third kappa shape index (κ3) is 3.02. The van der Waals surface area contributed by atoms with Gasteiger partial charge in [-0.1, -0.05) is 24.6 Å². The molecular weight excluding hydrogens is 255 g/mol. The molecule has 1 aromatic rings. The van der Waals surface area contributed by atoms with Crippen LogP contribution in [0.25, 0.3) is 0 Å². The first kappa shape index (κ1) is 13.3. The minimum Gasteiger partial charge on any atom is -0.423 e. The van der Waals surface area contributed by atoms with Crippen molar-refractivity contribution in [2.24, 2.45) is 11.8 Å². The van der Waals surface area contributed by atoms with Crippen LogP contribution in [-0.4, -0.2) is 5.97 Å². The van der Waals surface area contributed by atoms with Gasteiger partial charge in [0.2, 0.25) is 0 Å². The first-order chi connectivity index (χ1) is 8.58. The second-order valence-electron chi connectivity index (χ2n) is 4.93. The molecule has 0 heterocycles. The number of ether oxygens (including phenoxy) is 1. The van der Waals surface area contributed by atoms with E-state index in [1.54, 1.807) is 6.07 Å². The molecule has 4 heteroatoms. The topological polar surface area (TPSA) is 26.3 Å². The molecule has 1 fully saturated rings. The van der Waals surface area contributed by atoms with E-state index >= 15 is 0 Å². The maximum Gasteiger partial charge on any atom is 0.314 e. The molecule has 0 N–H and O–H groups in total. The van der Waals surface area contributed by atoms with Gasteiger partial charge in [-0.25, -0.2) is 4.39 Å². The Morgan fingerprint density at radius 2 is 2.00 bits per heavy atom. The number of benzene rings is 1. The molecule has 0 aliphatic heterocycles. The minimum absolute atomic E-state index is 0.0300. The van der Waals surface area contributed by atoms with Crippen LogP contribution in [0.2, 0.25) is 5.02 Å². The minimum atomic E-state index is -0.670. The van der Waals surface area contributed by atoms with Gasteiger partial charge in [0.25, 0.3) is 0 Å². The molecule has 0 bridgehead atoms. The fourth-order valence-corrected chi connectivity index (χ4v) is 2.42. The zero-order valence-electron chi connectivity index (χ0n) is 10.3. The Balaban J connectivity index is 2.01. The van der Waals surface area contributed by atoms with Crippen molar-refractivity contribution in [3.63, 3.8) is 0 Å². The standard InChI is InChI=1S/C14H16ClFO2/c1-9-5-7-10(8-6-9)14(17)18-12-4-2-3-11(15)13(12)16/h2-4,9-10H,5-8H2,1H3. The number of esters is 1. The SMILES string of the molecule is CC1CCC(C(=O)Oc2cccc(Cl)c2F)CC1. The molecule has 0 spiro atoms. The Morgan fingerprint density at radius 3 is 2.67 bits per heavy atom. The molecule has 0 radical (unpaired) electrons. The Bertz CT molecular complexity index is 439.